The number of carbonyl (C=O) groups excluding carboxylic acids is 2. The zero-order valence-corrected chi connectivity index (χ0v) is 17.8. The number of halogens is 1. The van der Waals surface area contributed by atoms with Gasteiger partial charge in [-0.15, -0.1) is 0 Å². The van der Waals surface area contributed by atoms with Crippen LogP contribution in [0.4, 0.5) is 10.5 Å². The lowest BCUT2D eigenvalue weighted by Crippen LogP contribution is -2.49. The van der Waals surface area contributed by atoms with Gasteiger partial charge in [-0.2, -0.15) is 0 Å². The number of para-hydroxylation sites is 2. The van der Waals surface area contributed by atoms with E-state index in [1.54, 1.807) is 24.1 Å². The second-order valence-corrected chi connectivity index (χ2v) is 8.01. The van der Waals surface area contributed by atoms with E-state index in [2.05, 4.69) is 26.6 Å². The lowest BCUT2D eigenvalue weighted by molar-refractivity contribution is -0.113. The number of methoxy groups -OCH3 is 1. The number of anilines is 1. The van der Waals surface area contributed by atoms with Gasteiger partial charge in [0.25, 0.3) is 5.91 Å². The molecule has 6 nitrogen and oxygen atoms in total. The predicted molar refractivity (Wildman–Crippen MR) is 115 cm³/mol. The van der Waals surface area contributed by atoms with E-state index < -0.39 is 6.04 Å². The van der Waals surface area contributed by atoms with Crippen molar-refractivity contribution in [3.8, 4) is 5.75 Å². The standard InChI is InChI=1S/C22H22BrN3O3/c1-13-19(21(27)24-17-9-5-6-10-18(17)29-2)20(15-7-3-4-8-16(15)23)25-22(28)26(13)14-11-12-14/h3-10,14,20H,11-12H2,1-2H3,(H,24,27)(H,25,28). The Morgan fingerprint density at radius 1 is 1.17 bits per heavy atom. The number of hydrogen-bond donors (Lipinski definition) is 2. The summed E-state index contributed by atoms with van der Waals surface area (Å²) >= 11 is 3.56. The Labute approximate surface area is 178 Å². The molecule has 1 heterocycles. The largest absolute Gasteiger partial charge is 0.495 e. The van der Waals surface area contributed by atoms with Gasteiger partial charge in [0.15, 0.2) is 0 Å². The Hall–Kier alpha value is -2.80. The molecule has 4 rings (SSSR count). The van der Waals surface area contributed by atoms with Crippen LogP contribution in [0.2, 0.25) is 0 Å². The second-order valence-electron chi connectivity index (χ2n) is 7.16. The summed E-state index contributed by atoms with van der Waals surface area (Å²) in [5.41, 5.74) is 2.63. The van der Waals surface area contributed by atoms with Gasteiger partial charge in [0.05, 0.1) is 24.4 Å². The molecular weight excluding hydrogens is 434 g/mol. The molecule has 2 aromatic carbocycles. The first-order valence-corrected chi connectivity index (χ1v) is 10.3. The van der Waals surface area contributed by atoms with Crippen LogP contribution in [0.25, 0.3) is 0 Å². The minimum atomic E-state index is -0.553. The highest BCUT2D eigenvalue weighted by Gasteiger charge is 2.42. The molecule has 1 aliphatic heterocycles. The van der Waals surface area contributed by atoms with Crippen LogP contribution in [0.5, 0.6) is 5.75 Å². The number of rotatable bonds is 5. The smallest absolute Gasteiger partial charge is 0.322 e. The zero-order valence-electron chi connectivity index (χ0n) is 16.2. The number of carbonyl (C=O) groups is 2. The van der Waals surface area contributed by atoms with Gasteiger partial charge in [-0.05, 0) is 43.5 Å². The number of nitrogens with zero attached hydrogens (tertiary/aromatic N) is 1. The molecule has 150 valence electrons. The maximum Gasteiger partial charge on any atom is 0.322 e. The topological polar surface area (TPSA) is 70.7 Å². The molecule has 2 aromatic rings. The SMILES string of the molecule is COc1ccccc1NC(=O)C1=C(C)N(C2CC2)C(=O)NC1c1ccccc1Br. The van der Waals surface area contributed by atoms with E-state index in [0.717, 1.165) is 22.9 Å². The molecule has 2 N–H and O–H groups in total. The Morgan fingerprint density at radius 3 is 2.55 bits per heavy atom. The number of allylic oxidation sites excluding steroid dienone is 1. The van der Waals surface area contributed by atoms with Gasteiger partial charge < -0.3 is 15.4 Å². The van der Waals surface area contributed by atoms with Gasteiger partial charge >= 0.3 is 6.03 Å². The third-order valence-electron chi connectivity index (χ3n) is 5.25. The van der Waals surface area contributed by atoms with Crippen LogP contribution in [0.15, 0.2) is 64.3 Å². The van der Waals surface area contributed by atoms with E-state index in [0.29, 0.717) is 22.7 Å². The van der Waals surface area contributed by atoms with Gasteiger partial charge in [0.1, 0.15) is 5.75 Å². The maximum absolute atomic E-state index is 13.4. The molecule has 3 amide bonds. The summed E-state index contributed by atoms with van der Waals surface area (Å²) in [6, 6.07) is 14.3. The highest BCUT2D eigenvalue weighted by atomic mass is 79.9. The summed E-state index contributed by atoms with van der Waals surface area (Å²) < 4.78 is 6.19. The highest BCUT2D eigenvalue weighted by molar-refractivity contribution is 9.10. The molecule has 0 spiro atoms. The van der Waals surface area contributed by atoms with Crippen LogP contribution in [-0.2, 0) is 4.79 Å². The van der Waals surface area contributed by atoms with Crippen LogP contribution in [0.1, 0.15) is 31.4 Å². The van der Waals surface area contributed by atoms with Crippen molar-refractivity contribution in [2.75, 3.05) is 12.4 Å². The summed E-state index contributed by atoms with van der Waals surface area (Å²) in [4.78, 5) is 28.0. The van der Waals surface area contributed by atoms with Crippen LogP contribution in [-0.4, -0.2) is 30.0 Å². The third-order valence-corrected chi connectivity index (χ3v) is 5.98. The molecule has 1 saturated carbocycles. The summed E-state index contributed by atoms with van der Waals surface area (Å²) in [7, 11) is 1.56. The summed E-state index contributed by atoms with van der Waals surface area (Å²) in [6.45, 7) is 1.85. The first-order valence-electron chi connectivity index (χ1n) is 9.50. The van der Waals surface area contributed by atoms with Crippen molar-refractivity contribution < 1.29 is 14.3 Å². The van der Waals surface area contributed by atoms with Crippen molar-refractivity contribution in [3.05, 3.63) is 69.8 Å². The first kappa shape index (κ1) is 19.5. The fourth-order valence-corrected chi connectivity index (χ4v) is 4.22. The van der Waals surface area contributed by atoms with Crippen LogP contribution in [0.3, 0.4) is 0 Å². The number of amides is 3. The van der Waals surface area contributed by atoms with Gasteiger partial charge in [0, 0.05) is 16.2 Å². The number of nitrogens with one attached hydrogen (secondary N) is 2. The number of benzene rings is 2. The average molecular weight is 456 g/mol. The number of ether oxygens (including phenoxy) is 1. The number of urea groups is 1. The molecule has 2 aliphatic rings. The van der Waals surface area contributed by atoms with E-state index in [1.165, 1.54) is 0 Å². The molecule has 7 heteroatoms. The minimum Gasteiger partial charge on any atom is -0.495 e. The molecule has 1 aliphatic carbocycles. The molecule has 0 radical (unpaired) electrons. The summed E-state index contributed by atoms with van der Waals surface area (Å²) in [6.07, 6.45) is 1.90. The zero-order chi connectivity index (χ0) is 20.5. The Bertz CT molecular complexity index is 1000. The van der Waals surface area contributed by atoms with Gasteiger partial charge in [0.2, 0.25) is 0 Å². The lowest BCUT2D eigenvalue weighted by atomic mass is 9.94. The molecular formula is C22H22BrN3O3. The Morgan fingerprint density at radius 2 is 1.86 bits per heavy atom. The van der Waals surface area contributed by atoms with E-state index in [9.17, 15) is 9.59 Å². The van der Waals surface area contributed by atoms with Crippen molar-refractivity contribution in [1.82, 2.24) is 10.2 Å². The Balaban J connectivity index is 1.77. The lowest BCUT2D eigenvalue weighted by Gasteiger charge is -2.36. The maximum atomic E-state index is 13.4. The average Bonchev–Trinajstić information content (AvgIpc) is 3.53. The van der Waals surface area contributed by atoms with E-state index >= 15 is 0 Å². The van der Waals surface area contributed by atoms with Gasteiger partial charge in [-0.3, -0.25) is 9.69 Å². The van der Waals surface area contributed by atoms with Crippen molar-refractivity contribution >= 4 is 33.6 Å². The molecule has 1 unspecified atom stereocenters. The van der Waals surface area contributed by atoms with E-state index in [1.807, 2.05) is 43.3 Å². The second kappa shape index (κ2) is 7.91. The highest BCUT2D eigenvalue weighted by Crippen LogP contribution is 2.39. The van der Waals surface area contributed by atoms with Crippen molar-refractivity contribution in [2.24, 2.45) is 0 Å². The fourth-order valence-electron chi connectivity index (χ4n) is 3.70. The van der Waals surface area contributed by atoms with Crippen molar-refractivity contribution in [2.45, 2.75) is 31.8 Å². The van der Waals surface area contributed by atoms with Crippen molar-refractivity contribution in [3.63, 3.8) is 0 Å². The summed E-state index contributed by atoms with van der Waals surface area (Å²) in [5.74, 6) is 0.314. The normalized spacial score (nSPS) is 19.1. The molecule has 1 atom stereocenters. The van der Waals surface area contributed by atoms with Crippen LogP contribution < -0.4 is 15.4 Å². The minimum absolute atomic E-state index is 0.157. The van der Waals surface area contributed by atoms with Crippen LogP contribution >= 0.6 is 15.9 Å². The van der Waals surface area contributed by atoms with Gasteiger partial charge in [-0.1, -0.05) is 46.3 Å². The van der Waals surface area contributed by atoms with Crippen molar-refractivity contribution in [1.29, 1.82) is 0 Å². The predicted octanol–water partition coefficient (Wildman–Crippen LogP) is 4.60. The third kappa shape index (κ3) is 3.74. The Kier molecular flexibility index (Phi) is 5.32. The molecule has 29 heavy (non-hydrogen) atoms. The monoisotopic (exact) mass is 455 g/mol. The first-order chi connectivity index (χ1) is 14.0. The molecule has 0 saturated heterocycles. The fraction of sp³-hybridized carbons (Fsp3) is 0.273. The molecule has 0 aromatic heterocycles. The molecule has 0 bridgehead atoms. The van der Waals surface area contributed by atoms with Crippen LogP contribution in [0, 0.1) is 0 Å². The molecule has 1 fully saturated rings. The van der Waals surface area contributed by atoms with E-state index in [4.69, 9.17) is 4.74 Å². The van der Waals surface area contributed by atoms with E-state index in [-0.39, 0.29) is 18.0 Å². The quantitative estimate of drug-likeness (QED) is 0.691. The number of hydrogen-bond acceptors (Lipinski definition) is 3. The van der Waals surface area contributed by atoms with Gasteiger partial charge in [-0.25, -0.2) is 4.79 Å². The summed E-state index contributed by atoms with van der Waals surface area (Å²) in [5, 5.41) is 5.99.